The quantitative estimate of drug-likeness (QED) is 0.932. The average Bonchev–Trinajstić information content (AvgIpc) is 2.41. The highest BCUT2D eigenvalue weighted by molar-refractivity contribution is 9.10. The van der Waals surface area contributed by atoms with Crippen molar-refractivity contribution in [2.45, 2.75) is 18.9 Å². The smallest absolute Gasteiger partial charge is 0.141 e. The van der Waals surface area contributed by atoms with Crippen LogP contribution in [-0.4, -0.2) is 20.3 Å². The molecule has 0 amide bonds. The lowest BCUT2D eigenvalue weighted by molar-refractivity contribution is 0.0444. The largest absolute Gasteiger partial charge is 0.496 e. The summed E-state index contributed by atoms with van der Waals surface area (Å²) in [6.45, 7) is 1.45. The molecular weight excluding hydrogens is 301 g/mol. The summed E-state index contributed by atoms with van der Waals surface area (Å²) in [4.78, 5) is 0. The summed E-state index contributed by atoms with van der Waals surface area (Å²) in [6, 6.07) is 2.87. The zero-order valence-electron chi connectivity index (χ0n) is 10.3. The summed E-state index contributed by atoms with van der Waals surface area (Å²) in [5.74, 6) is 0.404. The molecule has 0 bridgehead atoms. The van der Waals surface area contributed by atoms with Gasteiger partial charge in [-0.3, -0.25) is 0 Å². The Morgan fingerprint density at radius 1 is 1.56 bits per heavy atom. The molecule has 0 aliphatic carbocycles. The van der Waals surface area contributed by atoms with E-state index in [4.69, 9.17) is 15.2 Å². The second kappa shape index (κ2) is 5.99. The number of hydrogen-bond acceptors (Lipinski definition) is 3. The molecule has 1 aromatic rings. The normalized spacial score (nSPS) is 21.7. The first-order valence-electron chi connectivity index (χ1n) is 5.99. The lowest BCUT2D eigenvalue weighted by Crippen LogP contribution is -2.29. The van der Waals surface area contributed by atoms with Gasteiger partial charge < -0.3 is 15.2 Å². The zero-order chi connectivity index (χ0) is 13.1. The Bertz CT molecular complexity index is 422. The maximum Gasteiger partial charge on any atom is 0.141 e. The monoisotopic (exact) mass is 317 g/mol. The number of halogens is 2. The number of methoxy groups -OCH3 is 1. The first-order chi connectivity index (χ1) is 8.63. The topological polar surface area (TPSA) is 44.5 Å². The first-order valence-corrected chi connectivity index (χ1v) is 6.79. The summed E-state index contributed by atoms with van der Waals surface area (Å²) in [7, 11) is 1.52. The minimum absolute atomic E-state index is 0.197. The van der Waals surface area contributed by atoms with Crippen LogP contribution in [-0.2, 0) is 4.74 Å². The fourth-order valence-electron chi connectivity index (χ4n) is 2.28. The van der Waals surface area contributed by atoms with Crippen molar-refractivity contribution in [2.24, 2.45) is 11.7 Å². The Balaban J connectivity index is 2.27. The van der Waals surface area contributed by atoms with Crippen molar-refractivity contribution in [3.63, 3.8) is 0 Å². The third kappa shape index (κ3) is 2.84. The van der Waals surface area contributed by atoms with E-state index in [1.807, 2.05) is 0 Å². The van der Waals surface area contributed by atoms with Crippen molar-refractivity contribution >= 4 is 15.9 Å². The van der Waals surface area contributed by atoms with Crippen LogP contribution in [0.5, 0.6) is 5.75 Å². The predicted molar refractivity (Wildman–Crippen MR) is 71.1 cm³/mol. The molecule has 1 aromatic carbocycles. The van der Waals surface area contributed by atoms with Crippen LogP contribution in [0, 0.1) is 11.7 Å². The molecule has 2 rings (SSSR count). The van der Waals surface area contributed by atoms with Crippen LogP contribution in [0.15, 0.2) is 16.6 Å². The minimum atomic E-state index is -0.345. The van der Waals surface area contributed by atoms with Crippen LogP contribution in [0.3, 0.4) is 0 Å². The van der Waals surface area contributed by atoms with Crippen molar-refractivity contribution in [1.82, 2.24) is 0 Å². The highest BCUT2D eigenvalue weighted by Crippen LogP contribution is 2.35. The maximum atomic E-state index is 13.5. The van der Waals surface area contributed by atoms with Crippen molar-refractivity contribution in [1.29, 1.82) is 0 Å². The molecule has 1 saturated heterocycles. The molecule has 2 N–H and O–H groups in total. The molecule has 0 aromatic heterocycles. The summed E-state index contributed by atoms with van der Waals surface area (Å²) in [6.07, 6.45) is 2.04. The fraction of sp³-hybridized carbons (Fsp3) is 0.538. The number of ether oxygens (including phenoxy) is 2. The van der Waals surface area contributed by atoms with Gasteiger partial charge >= 0.3 is 0 Å². The second-order valence-corrected chi connectivity index (χ2v) is 5.37. The average molecular weight is 318 g/mol. The Morgan fingerprint density at radius 2 is 2.33 bits per heavy atom. The van der Waals surface area contributed by atoms with Crippen LogP contribution in [0.2, 0.25) is 0 Å². The van der Waals surface area contributed by atoms with Crippen LogP contribution < -0.4 is 10.5 Å². The summed E-state index contributed by atoms with van der Waals surface area (Å²) in [5.41, 5.74) is 7.08. The van der Waals surface area contributed by atoms with Gasteiger partial charge in [-0.15, -0.1) is 0 Å². The maximum absolute atomic E-state index is 13.5. The Labute approximate surface area is 115 Å². The van der Waals surface area contributed by atoms with Gasteiger partial charge in [-0.1, -0.05) is 0 Å². The molecule has 18 heavy (non-hydrogen) atoms. The first kappa shape index (κ1) is 13.8. The van der Waals surface area contributed by atoms with Crippen molar-refractivity contribution in [2.75, 3.05) is 20.3 Å². The number of nitrogens with two attached hydrogens (primary N) is 1. The molecule has 1 aliphatic heterocycles. The number of rotatable bonds is 3. The van der Waals surface area contributed by atoms with Gasteiger partial charge in [0, 0.05) is 30.2 Å². The van der Waals surface area contributed by atoms with Gasteiger partial charge in [0.2, 0.25) is 0 Å². The van der Waals surface area contributed by atoms with Gasteiger partial charge in [0.15, 0.2) is 0 Å². The predicted octanol–water partition coefficient (Wildman–Crippen LogP) is 3.02. The van der Waals surface area contributed by atoms with Crippen molar-refractivity contribution < 1.29 is 13.9 Å². The van der Waals surface area contributed by atoms with Gasteiger partial charge in [-0.25, -0.2) is 4.39 Å². The van der Waals surface area contributed by atoms with Crippen molar-refractivity contribution in [3.8, 4) is 5.75 Å². The summed E-state index contributed by atoms with van der Waals surface area (Å²) < 4.78 is 24.5. The second-order valence-electron chi connectivity index (χ2n) is 4.51. The van der Waals surface area contributed by atoms with Crippen LogP contribution in [0.1, 0.15) is 24.4 Å². The van der Waals surface area contributed by atoms with Crippen LogP contribution in [0.25, 0.3) is 0 Å². The Morgan fingerprint density at radius 3 is 2.94 bits per heavy atom. The van der Waals surface area contributed by atoms with E-state index in [0.29, 0.717) is 16.8 Å². The van der Waals surface area contributed by atoms with E-state index in [-0.39, 0.29) is 17.8 Å². The molecule has 0 radical (unpaired) electrons. The van der Waals surface area contributed by atoms with Crippen molar-refractivity contribution in [3.05, 3.63) is 28.0 Å². The van der Waals surface area contributed by atoms with Gasteiger partial charge in [-0.2, -0.15) is 0 Å². The third-order valence-corrected chi connectivity index (χ3v) is 3.94. The molecule has 100 valence electrons. The van der Waals surface area contributed by atoms with E-state index >= 15 is 0 Å². The van der Waals surface area contributed by atoms with Crippen LogP contribution in [0.4, 0.5) is 4.39 Å². The molecular formula is C13H17BrFNO2. The molecule has 1 heterocycles. The lowest BCUT2D eigenvalue weighted by Gasteiger charge is -2.28. The molecule has 1 fully saturated rings. The van der Waals surface area contributed by atoms with E-state index in [0.717, 1.165) is 25.0 Å². The Kier molecular flexibility index (Phi) is 4.59. The SMILES string of the molecule is COc1cc(F)c(Br)cc1C(N)C1CCCOC1. The number of hydrogen-bond donors (Lipinski definition) is 1. The fourth-order valence-corrected chi connectivity index (χ4v) is 2.65. The molecule has 2 atom stereocenters. The lowest BCUT2D eigenvalue weighted by atomic mass is 9.89. The van der Waals surface area contributed by atoms with E-state index in [1.165, 1.54) is 13.2 Å². The van der Waals surface area contributed by atoms with E-state index < -0.39 is 0 Å². The molecule has 1 aliphatic rings. The van der Waals surface area contributed by atoms with Crippen LogP contribution >= 0.6 is 15.9 Å². The van der Waals surface area contributed by atoms with Gasteiger partial charge in [0.1, 0.15) is 11.6 Å². The molecule has 5 heteroatoms. The van der Waals surface area contributed by atoms with E-state index in [1.54, 1.807) is 6.07 Å². The van der Waals surface area contributed by atoms with Gasteiger partial charge in [0.25, 0.3) is 0 Å². The zero-order valence-corrected chi connectivity index (χ0v) is 11.9. The van der Waals surface area contributed by atoms with E-state index in [2.05, 4.69) is 15.9 Å². The molecule has 3 nitrogen and oxygen atoms in total. The highest BCUT2D eigenvalue weighted by atomic mass is 79.9. The molecule has 0 saturated carbocycles. The van der Waals surface area contributed by atoms with Gasteiger partial charge in [-0.05, 0) is 34.8 Å². The Hall–Kier alpha value is -0.650. The summed E-state index contributed by atoms with van der Waals surface area (Å²) in [5, 5.41) is 0. The highest BCUT2D eigenvalue weighted by Gasteiger charge is 2.25. The third-order valence-electron chi connectivity index (χ3n) is 3.34. The van der Waals surface area contributed by atoms with E-state index in [9.17, 15) is 4.39 Å². The number of benzene rings is 1. The summed E-state index contributed by atoms with van der Waals surface area (Å²) >= 11 is 3.18. The minimum Gasteiger partial charge on any atom is -0.496 e. The molecule has 2 unspecified atom stereocenters. The van der Waals surface area contributed by atoms with Gasteiger partial charge in [0.05, 0.1) is 18.2 Å². The molecule has 0 spiro atoms. The standard InChI is InChI=1S/C13H17BrFNO2/c1-17-12-6-11(15)10(14)5-9(12)13(16)8-3-2-4-18-7-8/h5-6,8,13H,2-4,7,16H2,1H3.